The van der Waals surface area contributed by atoms with E-state index >= 15 is 0 Å². The number of rotatable bonds is 7. The van der Waals surface area contributed by atoms with E-state index in [0.717, 1.165) is 5.56 Å². The second-order valence-corrected chi connectivity index (χ2v) is 7.42. The first kappa shape index (κ1) is 21.8. The van der Waals surface area contributed by atoms with Crippen LogP contribution < -0.4 is 19.5 Å². The lowest BCUT2D eigenvalue weighted by atomic mass is 10.1. The Morgan fingerprint density at radius 1 is 1.30 bits per heavy atom. The molecule has 1 heterocycles. The van der Waals surface area contributed by atoms with Crippen molar-refractivity contribution in [3.8, 4) is 17.2 Å². The van der Waals surface area contributed by atoms with Gasteiger partial charge in [0.2, 0.25) is 0 Å². The van der Waals surface area contributed by atoms with Crippen LogP contribution in [0.15, 0.2) is 30.3 Å². The zero-order chi connectivity index (χ0) is 21.8. The Morgan fingerprint density at radius 2 is 2.07 bits per heavy atom. The van der Waals surface area contributed by atoms with Crippen LogP contribution in [0.25, 0.3) is 0 Å². The maximum Gasteiger partial charge on any atom is 0.263 e. The van der Waals surface area contributed by atoms with E-state index in [1.165, 1.54) is 7.11 Å². The third-order valence-corrected chi connectivity index (χ3v) is 5.16. The molecule has 1 aliphatic heterocycles. The summed E-state index contributed by atoms with van der Waals surface area (Å²) in [6.07, 6.45) is 0.195. The molecule has 0 saturated carbocycles. The van der Waals surface area contributed by atoms with Gasteiger partial charge in [-0.2, -0.15) is 0 Å². The van der Waals surface area contributed by atoms with Crippen molar-refractivity contribution in [1.82, 2.24) is 4.90 Å². The Morgan fingerprint density at radius 3 is 2.67 bits per heavy atom. The normalized spacial score (nSPS) is 15.8. The van der Waals surface area contributed by atoms with Crippen molar-refractivity contribution >= 4 is 29.1 Å². The first-order valence-electron chi connectivity index (χ1n) is 9.68. The van der Waals surface area contributed by atoms with Crippen LogP contribution in [-0.2, 0) is 4.79 Å². The number of methoxy groups -OCH3 is 1. The van der Waals surface area contributed by atoms with Gasteiger partial charge in [-0.05, 0) is 49.7 Å². The number of amides is 2. The molecule has 1 aliphatic rings. The number of benzene rings is 2. The molecule has 0 bridgehead atoms. The molecule has 1 saturated heterocycles. The largest absolute Gasteiger partial charge is 0.493 e. The van der Waals surface area contributed by atoms with Crippen molar-refractivity contribution in [1.29, 1.82) is 0 Å². The number of carbonyl (C=O) groups excluding carboxylic acids is 2. The summed E-state index contributed by atoms with van der Waals surface area (Å²) in [7, 11) is 3.25. The molecule has 2 aromatic carbocycles. The number of carbonyl (C=O) groups is 2. The van der Waals surface area contributed by atoms with Gasteiger partial charge in [-0.1, -0.05) is 11.6 Å². The molecule has 0 aromatic heterocycles. The standard InChI is InChI=1S/C22H25ClN2O5/c1-5-29-20-16(23)11-14(12-19(20)28-4)21(26)24-17-7-6-15(10-13(17)2)30-18-8-9-25(3)22(18)27/h6-7,10-12,18H,5,8-9H2,1-4H3,(H,24,26)/t18-/m1/s1. The van der Waals surface area contributed by atoms with Crippen LogP contribution in [0.4, 0.5) is 5.69 Å². The Labute approximate surface area is 180 Å². The van der Waals surface area contributed by atoms with Gasteiger partial charge in [0.05, 0.1) is 18.7 Å². The Balaban J connectivity index is 1.74. The zero-order valence-corrected chi connectivity index (χ0v) is 18.2. The second-order valence-electron chi connectivity index (χ2n) is 7.01. The van der Waals surface area contributed by atoms with E-state index in [4.69, 9.17) is 25.8 Å². The van der Waals surface area contributed by atoms with Crippen molar-refractivity contribution in [2.75, 3.05) is 32.6 Å². The maximum atomic E-state index is 12.8. The van der Waals surface area contributed by atoms with E-state index < -0.39 is 6.10 Å². The molecule has 0 aliphatic carbocycles. The van der Waals surface area contributed by atoms with Crippen LogP contribution in [-0.4, -0.2) is 50.1 Å². The fraction of sp³-hybridized carbons (Fsp3) is 0.364. The zero-order valence-electron chi connectivity index (χ0n) is 17.5. The second kappa shape index (κ2) is 9.26. The van der Waals surface area contributed by atoms with Gasteiger partial charge in [-0.15, -0.1) is 0 Å². The molecule has 1 atom stereocenters. The molecule has 0 spiro atoms. The molecule has 3 rings (SSSR count). The maximum absolute atomic E-state index is 12.8. The highest BCUT2D eigenvalue weighted by Gasteiger charge is 2.30. The highest BCUT2D eigenvalue weighted by molar-refractivity contribution is 6.32. The topological polar surface area (TPSA) is 77.1 Å². The van der Waals surface area contributed by atoms with Crippen LogP contribution in [0.1, 0.15) is 29.3 Å². The average molecular weight is 433 g/mol. The molecule has 8 heteroatoms. The number of hydrogen-bond donors (Lipinski definition) is 1. The number of hydrogen-bond acceptors (Lipinski definition) is 5. The molecule has 30 heavy (non-hydrogen) atoms. The van der Waals surface area contributed by atoms with E-state index in [2.05, 4.69) is 5.32 Å². The van der Waals surface area contributed by atoms with Gasteiger partial charge in [0.15, 0.2) is 17.6 Å². The number of ether oxygens (including phenoxy) is 3. The van der Waals surface area contributed by atoms with E-state index in [9.17, 15) is 9.59 Å². The number of nitrogens with zero attached hydrogens (tertiary/aromatic N) is 1. The fourth-order valence-corrected chi connectivity index (χ4v) is 3.51. The summed E-state index contributed by atoms with van der Waals surface area (Å²) >= 11 is 6.26. The highest BCUT2D eigenvalue weighted by Crippen LogP contribution is 2.36. The number of halogens is 1. The summed E-state index contributed by atoms with van der Waals surface area (Å²) in [6, 6.07) is 8.41. The third-order valence-electron chi connectivity index (χ3n) is 4.88. The summed E-state index contributed by atoms with van der Waals surface area (Å²) in [5.74, 6) is 1.03. The van der Waals surface area contributed by atoms with Crippen molar-refractivity contribution in [3.63, 3.8) is 0 Å². The van der Waals surface area contributed by atoms with Crippen LogP contribution >= 0.6 is 11.6 Å². The fourth-order valence-electron chi connectivity index (χ4n) is 3.24. The first-order valence-corrected chi connectivity index (χ1v) is 10.1. The van der Waals surface area contributed by atoms with Crippen molar-refractivity contribution in [2.24, 2.45) is 0 Å². The van der Waals surface area contributed by atoms with Crippen molar-refractivity contribution in [2.45, 2.75) is 26.4 Å². The summed E-state index contributed by atoms with van der Waals surface area (Å²) in [5, 5.41) is 3.17. The van der Waals surface area contributed by atoms with Crippen molar-refractivity contribution < 1.29 is 23.8 Å². The van der Waals surface area contributed by atoms with E-state index in [1.807, 2.05) is 13.8 Å². The summed E-state index contributed by atoms with van der Waals surface area (Å²) in [4.78, 5) is 26.4. The smallest absolute Gasteiger partial charge is 0.263 e. The van der Waals surface area contributed by atoms with Gasteiger partial charge in [-0.25, -0.2) is 0 Å². The van der Waals surface area contributed by atoms with Crippen LogP contribution in [0.2, 0.25) is 5.02 Å². The van der Waals surface area contributed by atoms with Gasteiger partial charge in [0, 0.05) is 31.3 Å². The summed E-state index contributed by atoms with van der Waals surface area (Å²) in [5.41, 5.74) is 1.79. The van der Waals surface area contributed by atoms with E-state index in [1.54, 1.807) is 42.3 Å². The molecule has 2 amide bonds. The van der Waals surface area contributed by atoms with Gasteiger partial charge >= 0.3 is 0 Å². The Hall–Kier alpha value is -2.93. The minimum atomic E-state index is -0.465. The monoisotopic (exact) mass is 432 g/mol. The number of nitrogens with one attached hydrogen (secondary N) is 1. The predicted octanol–water partition coefficient (Wildman–Crippen LogP) is 3.92. The van der Waals surface area contributed by atoms with Gasteiger partial charge < -0.3 is 24.4 Å². The quantitative estimate of drug-likeness (QED) is 0.717. The predicted molar refractivity (Wildman–Crippen MR) is 115 cm³/mol. The number of aryl methyl sites for hydroxylation is 1. The van der Waals surface area contributed by atoms with Gasteiger partial charge in [0.1, 0.15) is 5.75 Å². The third kappa shape index (κ3) is 4.62. The van der Waals surface area contributed by atoms with Crippen LogP contribution in [0, 0.1) is 6.92 Å². The molecule has 2 aromatic rings. The van der Waals surface area contributed by atoms with Gasteiger partial charge in [-0.3, -0.25) is 9.59 Å². The Bertz CT molecular complexity index is 963. The molecule has 0 radical (unpaired) electrons. The number of likely N-dealkylation sites (tertiary alicyclic amines) is 1. The lowest BCUT2D eigenvalue weighted by molar-refractivity contribution is -0.132. The SMILES string of the molecule is CCOc1c(Cl)cc(C(=O)Nc2ccc(O[C@@H]3CCN(C)C3=O)cc2C)cc1OC. The molecule has 7 nitrogen and oxygen atoms in total. The number of anilines is 1. The summed E-state index contributed by atoms with van der Waals surface area (Å²) < 4.78 is 16.6. The molecule has 1 fully saturated rings. The molecule has 0 unspecified atom stereocenters. The van der Waals surface area contributed by atoms with Crippen molar-refractivity contribution in [3.05, 3.63) is 46.5 Å². The average Bonchev–Trinajstić information content (AvgIpc) is 3.03. The number of likely N-dealkylation sites (N-methyl/N-ethyl adjacent to an activating group) is 1. The Kier molecular flexibility index (Phi) is 6.72. The van der Waals surface area contributed by atoms with Crippen LogP contribution in [0.3, 0.4) is 0 Å². The van der Waals surface area contributed by atoms with Crippen LogP contribution in [0.5, 0.6) is 17.2 Å². The lowest BCUT2D eigenvalue weighted by Crippen LogP contribution is -2.29. The highest BCUT2D eigenvalue weighted by atomic mass is 35.5. The molecular formula is C22H25ClN2O5. The minimum absolute atomic E-state index is 0.0219. The molecule has 1 N–H and O–H groups in total. The van der Waals surface area contributed by atoms with E-state index in [0.29, 0.717) is 53.1 Å². The molecular weight excluding hydrogens is 408 g/mol. The summed E-state index contributed by atoms with van der Waals surface area (Å²) in [6.45, 7) is 4.81. The molecule has 160 valence electrons. The first-order chi connectivity index (χ1) is 14.3. The van der Waals surface area contributed by atoms with E-state index in [-0.39, 0.29) is 11.8 Å². The minimum Gasteiger partial charge on any atom is -0.493 e. The van der Waals surface area contributed by atoms with Gasteiger partial charge in [0.25, 0.3) is 11.8 Å². The lowest BCUT2D eigenvalue weighted by Gasteiger charge is -2.16.